The summed E-state index contributed by atoms with van der Waals surface area (Å²) >= 11 is 0. The first-order chi connectivity index (χ1) is 5.59. The summed E-state index contributed by atoms with van der Waals surface area (Å²) in [5.41, 5.74) is 5.63. The molecule has 12 heavy (non-hydrogen) atoms. The molecule has 0 aromatic rings. The van der Waals surface area contributed by atoms with Crippen LogP contribution in [0.15, 0.2) is 0 Å². The second-order valence-corrected chi connectivity index (χ2v) is 3.41. The maximum atomic E-state index is 11.2. The molecule has 0 bridgehead atoms. The smallest absolute Gasteiger partial charge is 0.237 e. The molecule has 0 aliphatic heterocycles. The molecule has 0 aromatic heterocycles. The Morgan fingerprint density at radius 1 is 1.50 bits per heavy atom. The summed E-state index contributed by atoms with van der Waals surface area (Å²) < 4.78 is 0. The van der Waals surface area contributed by atoms with Crippen molar-refractivity contribution in [3.63, 3.8) is 0 Å². The van der Waals surface area contributed by atoms with Gasteiger partial charge in [0.2, 0.25) is 5.91 Å². The molecule has 0 radical (unpaired) electrons. The number of unbranched alkanes of at least 4 members (excludes halogenated alkanes) is 1. The van der Waals surface area contributed by atoms with E-state index in [0.29, 0.717) is 0 Å². The van der Waals surface area contributed by atoms with Crippen LogP contribution in [0.4, 0.5) is 0 Å². The van der Waals surface area contributed by atoms with Gasteiger partial charge in [-0.15, -0.1) is 0 Å². The molecule has 0 fully saturated rings. The van der Waals surface area contributed by atoms with Gasteiger partial charge >= 0.3 is 0 Å². The fraction of sp³-hybridized carbons (Fsp3) is 0.889. The molecule has 0 unspecified atom stereocenters. The molecule has 3 nitrogen and oxygen atoms in total. The van der Waals surface area contributed by atoms with Crippen molar-refractivity contribution in [2.45, 2.75) is 39.7 Å². The van der Waals surface area contributed by atoms with Crippen LogP contribution in [-0.4, -0.2) is 18.5 Å². The van der Waals surface area contributed by atoms with E-state index in [2.05, 4.69) is 12.2 Å². The highest BCUT2D eigenvalue weighted by Gasteiger charge is 2.15. The van der Waals surface area contributed by atoms with Crippen LogP contribution >= 0.6 is 0 Å². The first-order valence-electron chi connectivity index (χ1n) is 4.62. The van der Waals surface area contributed by atoms with Gasteiger partial charge in [-0.2, -0.15) is 0 Å². The Morgan fingerprint density at radius 2 is 2.08 bits per heavy atom. The first kappa shape index (κ1) is 11.4. The Hall–Kier alpha value is -0.570. The van der Waals surface area contributed by atoms with Crippen LogP contribution in [0.5, 0.6) is 0 Å². The Balaban J connectivity index is 3.57. The van der Waals surface area contributed by atoms with Crippen molar-refractivity contribution in [3.05, 3.63) is 0 Å². The number of hydrogen-bond donors (Lipinski definition) is 2. The summed E-state index contributed by atoms with van der Waals surface area (Å²) in [5.74, 6) is 0.185. The van der Waals surface area contributed by atoms with Gasteiger partial charge in [-0.3, -0.25) is 4.79 Å². The van der Waals surface area contributed by atoms with Crippen LogP contribution in [0.3, 0.4) is 0 Å². The number of carbonyl (C=O) groups is 1. The topological polar surface area (TPSA) is 55.1 Å². The van der Waals surface area contributed by atoms with Crippen molar-refractivity contribution in [1.82, 2.24) is 5.32 Å². The molecule has 0 aliphatic rings. The molecule has 3 N–H and O–H groups in total. The lowest BCUT2D eigenvalue weighted by atomic mass is 10.1. The maximum Gasteiger partial charge on any atom is 0.237 e. The van der Waals surface area contributed by atoms with Gasteiger partial charge in [0.15, 0.2) is 0 Å². The van der Waals surface area contributed by atoms with E-state index in [4.69, 9.17) is 5.73 Å². The van der Waals surface area contributed by atoms with Crippen molar-refractivity contribution in [2.24, 2.45) is 11.7 Å². The number of nitrogens with one attached hydrogen (secondary N) is 1. The van der Waals surface area contributed by atoms with Gasteiger partial charge in [0.1, 0.15) is 0 Å². The van der Waals surface area contributed by atoms with Crippen LogP contribution in [0.25, 0.3) is 0 Å². The van der Waals surface area contributed by atoms with Crippen molar-refractivity contribution in [3.8, 4) is 0 Å². The van der Waals surface area contributed by atoms with E-state index >= 15 is 0 Å². The SMILES string of the molecule is CCCCNC(=O)[C@@H](N)C(C)C. The highest BCUT2D eigenvalue weighted by molar-refractivity contribution is 5.81. The highest BCUT2D eigenvalue weighted by atomic mass is 16.2. The van der Waals surface area contributed by atoms with Crippen molar-refractivity contribution in [1.29, 1.82) is 0 Å². The second kappa shape index (κ2) is 6.00. The zero-order chi connectivity index (χ0) is 9.56. The molecule has 1 amide bonds. The largest absolute Gasteiger partial charge is 0.355 e. The zero-order valence-corrected chi connectivity index (χ0v) is 8.26. The van der Waals surface area contributed by atoms with Gasteiger partial charge in [0, 0.05) is 6.54 Å². The Labute approximate surface area is 74.7 Å². The van der Waals surface area contributed by atoms with Crippen LogP contribution in [0, 0.1) is 5.92 Å². The standard InChI is InChI=1S/C9H20N2O/c1-4-5-6-11-9(12)8(10)7(2)3/h7-8H,4-6,10H2,1-3H3,(H,11,12)/t8-/m0/s1. The van der Waals surface area contributed by atoms with E-state index in [1.54, 1.807) is 0 Å². The fourth-order valence-electron chi connectivity index (χ4n) is 0.809. The van der Waals surface area contributed by atoms with Gasteiger partial charge in [0.25, 0.3) is 0 Å². The van der Waals surface area contributed by atoms with E-state index in [1.807, 2.05) is 13.8 Å². The molecular formula is C9H20N2O. The summed E-state index contributed by atoms with van der Waals surface area (Å²) in [6, 6.07) is -0.359. The van der Waals surface area contributed by atoms with E-state index in [-0.39, 0.29) is 17.9 Å². The van der Waals surface area contributed by atoms with Gasteiger partial charge in [0.05, 0.1) is 6.04 Å². The van der Waals surface area contributed by atoms with Gasteiger partial charge in [-0.05, 0) is 12.3 Å². The molecule has 0 aromatic carbocycles. The average Bonchev–Trinajstić information content (AvgIpc) is 2.03. The maximum absolute atomic E-state index is 11.2. The summed E-state index contributed by atoms with van der Waals surface area (Å²) in [7, 11) is 0. The van der Waals surface area contributed by atoms with Crippen LogP contribution in [0.2, 0.25) is 0 Å². The number of hydrogen-bond acceptors (Lipinski definition) is 2. The Morgan fingerprint density at radius 3 is 2.50 bits per heavy atom. The quantitative estimate of drug-likeness (QED) is 0.605. The summed E-state index contributed by atoms with van der Waals surface area (Å²) in [4.78, 5) is 11.2. The lowest BCUT2D eigenvalue weighted by Crippen LogP contribution is -2.44. The fourth-order valence-corrected chi connectivity index (χ4v) is 0.809. The summed E-state index contributed by atoms with van der Waals surface area (Å²) in [6.07, 6.45) is 2.12. The molecule has 3 heteroatoms. The zero-order valence-electron chi connectivity index (χ0n) is 8.26. The van der Waals surface area contributed by atoms with Crippen molar-refractivity contribution < 1.29 is 4.79 Å². The Bertz CT molecular complexity index is 134. The van der Waals surface area contributed by atoms with Crippen LogP contribution in [-0.2, 0) is 4.79 Å². The molecule has 0 spiro atoms. The van der Waals surface area contributed by atoms with Crippen LogP contribution < -0.4 is 11.1 Å². The lowest BCUT2D eigenvalue weighted by Gasteiger charge is -2.14. The second-order valence-electron chi connectivity index (χ2n) is 3.41. The van der Waals surface area contributed by atoms with E-state index in [1.165, 1.54) is 0 Å². The molecule has 1 atom stereocenters. The molecule has 72 valence electrons. The predicted octanol–water partition coefficient (Wildman–Crippen LogP) is 0.886. The first-order valence-corrected chi connectivity index (χ1v) is 4.62. The van der Waals surface area contributed by atoms with Gasteiger partial charge in [-0.25, -0.2) is 0 Å². The number of nitrogens with two attached hydrogens (primary N) is 1. The minimum atomic E-state index is -0.359. The summed E-state index contributed by atoms with van der Waals surface area (Å²) in [5, 5.41) is 2.80. The van der Waals surface area contributed by atoms with Gasteiger partial charge < -0.3 is 11.1 Å². The van der Waals surface area contributed by atoms with E-state index < -0.39 is 0 Å². The molecule has 0 saturated heterocycles. The Kier molecular flexibility index (Phi) is 5.72. The van der Waals surface area contributed by atoms with Crippen molar-refractivity contribution >= 4 is 5.91 Å². The highest BCUT2D eigenvalue weighted by Crippen LogP contribution is 1.97. The van der Waals surface area contributed by atoms with Gasteiger partial charge in [-0.1, -0.05) is 27.2 Å². The molecule has 0 rings (SSSR count). The van der Waals surface area contributed by atoms with E-state index in [9.17, 15) is 4.79 Å². The lowest BCUT2D eigenvalue weighted by molar-refractivity contribution is -0.123. The minimum absolute atomic E-state index is 0.0292. The average molecular weight is 172 g/mol. The molecule has 0 aliphatic carbocycles. The summed E-state index contributed by atoms with van der Waals surface area (Å²) in [6.45, 7) is 6.73. The normalized spacial score (nSPS) is 13.1. The third kappa shape index (κ3) is 4.34. The third-order valence-electron chi connectivity index (χ3n) is 1.85. The number of carbonyl (C=O) groups excluding carboxylic acids is 1. The monoisotopic (exact) mass is 172 g/mol. The molecule has 0 saturated carbocycles. The minimum Gasteiger partial charge on any atom is -0.355 e. The molecule has 0 heterocycles. The van der Waals surface area contributed by atoms with Crippen LogP contribution in [0.1, 0.15) is 33.6 Å². The number of rotatable bonds is 5. The predicted molar refractivity (Wildman–Crippen MR) is 50.7 cm³/mol. The van der Waals surface area contributed by atoms with E-state index in [0.717, 1.165) is 19.4 Å². The van der Waals surface area contributed by atoms with Crippen molar-refractivity contribution in [2.75, 3.05) is 6.54 Å². The number of amides is 1. The third-order valence-corrected chi connectivity index (χ3v) is 1.85. The molecular weight excluding hydrogens is 152 g/mol.